The highest BCUT2D eigenvalue weighted by Crippen LogP contribution is 2.31. The molecule has 2 rings (SSSR count). The van der Waals surface area contributed by atoms with Crippen LogP contribution in [0.5, 0.6) is 0 Å². The first-order valence-electron chi connectivity index (χ1n) is 7.69. The van der Waals surface area contributed by atoms with Gasteiger partial charge in [0.25, 0.3) is 0 Å². The standard InChI is InChI=1S/C19H21ClN2O2/c1-12-5-7-16(8-6-12)21-18(24)11-22(15(4)23)19-14(3)9-13(2)10-17(19)20/h5-10H,11H2,1-4H3,(H,21,24). The van der Waals surface area contributed by atoms with Crippen molar-refractivity contribution in [2.45, 2.75) is 27.7 Å². The molecule has 0 aliphatic heterocycles. The molecule has 2 aromatic carbocycles. The summed E-state index contributed by atoms with van der Waals surface area (Å²) in [5.41, 5.74) is 4.25. The Morgan fingerprint density at radius 3 is 2.21 bits per heavy atom. The number of amides is 2. The minimum atomic E-state index is -0.273. The Morgan fingerprint density at radius 1 is 1.04 bits per heavy atom. The summed E-state index contributed by atoms with van der Waals surface area (Å²) < 4.78 is 0. The number of nitrogens with one attached hydrogen (secondary N) is 1. The minimum Gasteiger partial charge on any atom is -0.325 e. The summed E-state index contributed by atoms with van der Waals surface area (Å²) in [7, 11) is 0. The fourth-order valence-corrected chi connectivity index (χ4v) is 3.00. The molecule has 0 unspecified atom stereocenters. The predicted molar refractivity (Wildman–Crippen MR) is 98.8 cm³/mol. The molecule has 0 aliphatic carbocycles. The number of rotatable bonds is 4. The van der Waals surface area contributed by atoms with Crippen LogP contribution in [0.25, 0.3) is 0 Å². The van der Waals surface area contributed by atoms with Crippen LogP contribution in [0, 0.1) is 20.8 Å². The third kappa shape index (κ3) is 4.36. The van der Waals surface area contributed by atoms with Crippen molar-refractivity contribution in [1.29, 1.82) is 0 Å². The molecule has 0 spiro atoms. The van der Waals surface area contributed by atoms with Crippen molar-refractivity contribution in [2.24, 2.45) is 0 Å². The number of aryl methyl sites for hydroxylation is 3. The quantitative estimate of drug-likeness (QED) is 0.901. The van der Waals surface area contributed by atoms with E-state index in [9.17, 15) is 9.59 Å². The van der Waals surface area contributed by atoms with E-state index < -0.39 is 0 Å². The van der Waals surface area contributed by atoms with Crippen molar-refractivity contribution < 1.29 is 9.59 Å². The average Bonchev–Trinajstić information content (AvgIpc) is 2.47. The third-order valence-electron chi connectivity index (χ3n) is 3.69. The molecule has 0 heterocycles. The molecule has 0 aromatic heterocycles. The number of hydrogen-bond acceptors (Lipinski definition) is 2. The Bertz CT molecular complexity index is 746. The molecule has 5 heteroatoms. The molecule has 0 aliphatic rings. The molecule has 0 radical (unpaired) electrons. The van der Waals surface area contributed by atoms with Gasteiger partial charge in [0, 0.05) is 12.6 Å². The number of anilines is 2. The Labute approximate surface area is 147 Å². The lowest BCUT2D eigenvalue weighted by molar-refractivity contribution is -0.120. The van der Waals surface area contributed by atoms with Crippen LogP contribution >= 0.6 is 11.6 Å². The number of nitrogens with zero attached hydrogens (tertiary/aromatic N) is 1. The van der Waals surface area contributed by atoms with Crippen molar-refractivity contribution in [1.82, 2.24) is 0 Å². The minimum absolute atomic E-state index is 0.0904. The maximum absolute atomic E-state index is 12.3. The number of benzene rings is 2. The van der Waals surface area contributed by atoms with Crippen LogP contribution in [-0.2, 0) is 9.59 Å². The van der Waals surface area contributed by atoms with E-state index in [1.54, 1.807) is 6.07 Å². The normalized spacial score (nSPS) is 10.4. The molecule has 0 bridgehead atoms. The van der Waals surface area contributed by atoms with E-state index >= 15 is 0 Å². The van der Waals surface area contributed by atoms with E-state index in [0.29, 0.717) is 16.4 Å². The summed E-state index contributed by atoms with van der Waals surface area (Å²) in [4.78, 5) is 25.8. The number of carbonyl (C=O) groups is 2. The van der Waals surface area contributed by atoms with Crippen LogP contribution in [0.1, 0.15) is 23.6 Å². The van der Waals surface area contributed by atoms with Crippen LogP contribution in [0.3, 0.4) is 0 Å². The number of halogens is 1. The van der Waals surface area contributed by atoms with Gasteiger partial charge in [0.1, 0.15) is 6.54 Å². The van der Waals surface area contributed by atoms with Gasteiger partial charge in [0.15, 0.2) is 0 Å². The molecular weight excluding hydrogens is 324 g/mol. The lowest BCUT2D eigenvalue weighted by atomic mass is 10.1. The second-order valence-electron chi connectivity index (χ2n) is 5.93. The van der Waals surface area contributed by atoms with Crippen molar-refractivity contribution in [3.63, 3.8) is 0 Å². The highest BCUT2D eigenvalue weighted by Gasteiger charge is 2.20. The van der Waals surface area contributed by atoms with Gasteiger partial charge in [-0.2, -0.15) is 0 Å². The fraction of sp³-hybridized carbons (Fsp3) is 0.263. The van der Waals surface area contributed by atoms with E-state index in [1.807, 2.05) is 51.1 Å². The smallest absolute Gasteiger partial charge is 0.244 e. The highest BCUT2D eigenvalue weighted by molar-refractivity contribution is 6.34. The number of carbonyl (C=O) groups excluding carboxylic acids is 2. The van der Waals surface area contributed by atoms with Gasteiger partial charge in [0.05, 0.1) is 10.7 Å². The zero-order chi connectivity index (χ0) is 17.9. The molecule has 4 nitrogen and oxygen atoms in total. The summed E-state index contributed by atoms with van der Waals surface area (Å²) >= 11 is 6.31. The van der Waals surface area contributed by atoms with Crippen LogP contribution in [0.4, 0.5) is 11.4 Å². The first-order valence-corrected chi connectivity index (χ1v) is 8.07. The molecule has 2 amide bonds. The van der Waals surface area contributed by atoms with Crippen LogP contribution in [0.15, 0.2) is 36.4 Å². The molecule has 0 fully saturated rings. The first-order chi connectivity index (χ1) is 11.3. The summed E-state index contributed by atoms with van der Waals surface area (Å²) in [6.07, 6.45) is 0. The largest absolute Gasteiger partial charge is 0.325 e. The molecule has 24 heavy (non-hydrogen) atoms. The molecule has 126 valence electrons. The summed E-state index contributed by atoms with van der Waals surface area (Å²) in [5.74, 6) is -0.506. The van der Waals surface area contributed by atoms with Gasteiger partial charge in [-0.1, -0.05) is 35.4 Å². The summed E-state index contributed by atoms with van der Waals surface area (Å²) in [6.45, 7) is 7.12. The van der Waals surface area contributed by atoms with Crippen LogP contribution in [0.2, 0.25) is 5.02 Å². The topological polar surface area (TPSA) is 49.4 Å². The molecular formula is C19H21ClN2O2. The van der Waals surface area contributed by atoms with Gasteiger partial charge >= 0.3 is 0 Å². The summed E-state index contributed by atoms with van der Waals surface area (Å²) in [6, 6.07) is 11.2. The third-order valence-corrected chi connectivity index (χ3v) is 3.97. The van der Waals surface area contributed by atoms with Gasteiger partial charge in [0.2, 0.25) is 11.8 Å². The Kier molecular flexibility index (Phi) is 5.62. The molecule has 0 saturated carbocycles. The molecule has 0 atom stereocenters. The lowest BCUT2D eigenvalue weighted by Gasteiger charge is -2.24. The van der Waals surface area contributed by atoms with Crippen LogP contribution < -0.4 is 10.2 Å². The van der Waals surface area contributed by atoms with Gasteiger partial charge in [-0.05, 0) is 50.1 Å². The lowest BCUT2D eigenvalue weighted by Crippen LogP contribution is -2.37. The van der Waals surface area contributed by atoms with Crippen LogP contribution in [-0.4, -0.2) is 18.4 Å². The zero-order valence-electron chi connectivity index (χ0n) is 14.3. The van der Waals surface area contributed by atoms with Gasteiger partial charge in [-0.3, -0.25) is 9.59 Å². The number of hydrogen-bond donors (Lipinski definition) is 1. The zero-order valence-corrected chi connectivity index (χ0v) is 15.1. The summed E-state index contributed by atoms with van der Waals surface area (Å²) in [5, 5.41) is 3.26. The first kappa shape index (κ1) is 18.0. The fourth-order valence-electron chi connectivity index (χ4n) is 2.58. The Morgan fingerprint density at radius 2 is 1.67 bits per heavy atom. The van der Waals surface area contributed by atoms with E-state index in [4.69, 9.17) is 11.6 Å². The average molecular weight is 345 g/mol. The SMILES string of the molecule is CC(=O)N(CC(=O)Nc1ccc(C)cc1)c1c(C)cc(C)cc1Cl. The van der Waals surface area contributed by atoms with Gasteiger partial charge in [-0.25, -0.2) is 0 Å². The van der Waals surface area contributed by atoms with E-state index in [0.717, 1.165) is 16.7 Å². The maximum Gasteiger partial charge on any atom is 0.244 e. The van der Waals surface area contributed by atoms with Crippen molar-refractivity contribution in [2.75, 3.05) is 16.8 Å². The van der Waals surface area contributed by atoms with E-state index in [1.165, 1.54) is 11.8 Å². The van der Waals surface area contributed by atoms with E-state index in [2.05, 4.69) is 5.32 Å². The molecule has 2 aromatic rings. The van der Waals surface area contributed by atoms with E-state index in [-0.39, 0.29) is 18.4 Å². The Hall–Kier alpha value is -2.33. The van der Waals surface area contributed by atoms with Crippen molar-refractivity contribution in [3.8, 4) is 0 Å². The predicted octanol–water partition coefficient (Wildman–Crippen LogP) is 4.26. The second-order valence-corrected chi connectivity index (χ2v) is 6.34. The second kappa shape index (κ2) is 7.49. The highest BCUT2D eigenvalue weighted by atomic mass is 35.5. The van der Waals surface area contributed by atoms with Gasteiger partial charge < -0.3 is 10.2 Å². The van der Waals surface area contributed by atoms with Crippen molar-refractivity contribution in [3.05, 3.63) is 58.1 Å². The maximum atomic E-state index is 12.3. The van der Waals surface area contributed by atoms with Gasteiger partial charge in [-0.15, -0.1) is 0 Å². The van der Waals surface area contributed by atoms with Crippen molar-refractivity contribution >= 4 is 34.8 Å². The Balaban J connectivity index is 2.21. The molecule has 1 N–H and O–H groups in total. The monoisotopic (exact) mass is 344 g/mol. The molecule has 0 saturated heterocycles.